The smallest absolute Gasteiger partial charge is 0.159 e. The lowest BCUT2D eigenvalue weighted by Crippen LogP contribution is -2.62. The zero-order valence-electron chi connectivity index (χ0n) is 19.3. The molecule has 0 aliphatic carbocycles. The van der Waals surface area contributed by atoms with Crippen LogP contribution in [-0.2, 0) is 12.8 Å². The van der Waals surface area contributed by atoms with Gasteiger partial charge in [-0.15, -0.1) is 0 Å². The summed E-state index contributed by atoms with van der Waals surface area (Å²) < 4.78 is 0. The van der Waals surface area contributed by atoms with Crippen molar-refractivity contribution in [3.63, 3.8) is 0 Å². The Balaban J connectivity index is 1.28. The van der Waals surface area contributed by atoms with Gasteiger partial charge in [-0.25, -0.2) is 9.97 Å². The largest absolute Gasteiger partial charge is 0.395 e. The minimum Gasteiger partial charge on any atom is -0.395 e. The highest BCUT2D eigenvalue weighted by Gasteiger charge is 2.40. The van der Waals surface area contributed by atoms with E-state index < -0.39 is 24.4 Å². The Morgan fingerprint density at radius 2 is 1.63 bits per heavy atom. The van der Waals surface area contributed by atoms with Crippen LogP contribution >= 0.6 is 11.6 Å². The van der Waals surface area contributed by atoms with Gasteiger partial charge >= 0.3 is 0 Å². The average Bonchev–Trinajstić information content (AvgIpc) is 2.87. The van der Waals surface area contributed by atoms with Crippen LogP contribution in [0, 0.1) is 0 Å². The van der Waals surface area contributed by atoms with Gasteiger partial charge in [0.15, 0.2) is 5.82 Å². The second kappa shape index (κ2) is 11.9. The molecule has 0 saturated carbocycles. The van der Waals surface area contributed by atoms with Crippen molar-refractivity contribution in [2.24, 2.45) is 0 Å². The van der Waals surface area contributed by atoms with Gasteiger partial charge in [0.25, 0.3) is 0 Å². The standard InChI is InChI=1S/C26H31ClN4O4/c27-20-12-19(26-29-8-1-9-30-26)13-21(14-20)28-10-6-17-2-4-18(5-3-17)7-11-31-15-23(33)25(35)24(34)22(31)16-32/h1-5,8-9,12-14,22-25,28,32-35H,6-7,10-11,15-16H2/t22-,23+,24-,25-/m1/s1. The van der Waals surface area contributed by atoms with Gasteiger partial charge in [-0.05, 0) is 48.2 Å². The van der Waals surface area contributed by atoms with Crippen molar-refractivity contribution in [1.82, 2.24) is 14.9 Å². The van der Waals surface area contributed by atoms with E-state index in [-0.39, 0.29) is 13.2 Å². The Labute approximate surface area is 209 Å². The van der Waals surface area contributed by atoms with E-state index >= 15 is 0 Å². The lowest BCUT2D eigenvalue weighted by molar-refractivity contribution is -0.144. The number of benzene rings is 2. The van der Waals surface area contributed by atoms with Gasteiger partial charge < -0.3 is 25.7 Å². The van der Waals surface area contributed by atoms with Crippen LogP contribution in [0.1, 0.15) is 11.1 Å². The number of piperidine rings is 1. The number of aromatic nitrogens is 2. The van der Waals surface area contributed by atoms with E-state index in [1.54, 1.807) is 18.5 Å². The van der Waals surface area contributed by atoms with Crippen LogP contribution < -0.4 is 5.32 Å². The van der Waals surface area contributed by atoms with E-state index in [4.69, 9.17) is 11.6 Å². The van der Waals surface area contributed by atoms with Gasteiger partial charge in [0.05, 0.1) is 18.8 Å². The molecule has 0 radical (unpaired) electrons. The molecule has 0 amide bonds. The highest BCUT2D eigenvalue weighted by Crippen LogP contribution is 2.25. The highest BCUT2D eigenvalue weighted by atomic mass is 35.5. The van der Waals surface area contributed by atoms with E-state index in [9.17, 15) is 20.4 Å². The van der Waals surface area contributed by atoms with Crippen LogP contribution in [0.5, 0.6) is 0 Å². The Morgan fingerprint density at radius 3 is 2.31 bits per heavy atom. The summed E-state index contributed by atoms with van der Waals surface area (Å²) in [4.78, 5) is 10.4. The monoisotopic (exact) mass is 498 g/mol. The number of hydrogen-bond acceptors (Lipinski definition) is 8. The third-order valence-corrected chi connectivity index (χ3v) is 6.61. The molecule has 0 bridgehead atoms. The fourth-order valence-corrected chi connectivity index (χ4v) is 4.64. The molecule has 1 fully saturated rings. The molecular formula is C26H31ClN4O4. The van der Waals surface area contributed by atoms with E-state index in [2.05, 4.69) is 39.6 Å². The number of β-amino-alcohol motifs (C(OH)–C–C–N with tert-alkyl or cyclic N) is 1. The molecule has 2 aromatic carbocycles. The maximum absolute atomic E-state index is 10.1. The molecule has 186 valence electrons. The fraction of sp³-hybridized carbons (Fsp3) is 0.385. The zero-order valence-corrected chi connectivity index (χ0v) is 20.1. The number of halogens is 1. The SMILES string of the molecule is OC[C@@H]1[C@@H](O)[C@H](O)[C@@H](O)CN1CCc1ccc(CCNc2cc(Cl)cc(-c3ncccn3)c2)cc1. The van der Waals surface area contributed by atoms with Crippen molar-refractivity contribution in [3.05, 3.63) is 77.1 Å². The third-order valence-electron chi connectivity index (χ3n) is 6.39. The first-order valence-corrected chi connectivity index (χ1v) is 12.1. The van der Waals surface area contributed by atoms with Gasteiger partial charge in [-0.3, -0.25) is 4.90 Å². The van der Waals surface area contributed by atoms with E-state index in [1.807, 2.05) is 23.1 Å². The Hall–Kier alpha value is -2.59. The van der Waals surface area contributed by atoms with Crippen molar-refractivity contribution in [2.45, 2.75) is 37.2 Å². The van der Waals surface area contributed by atoms with Gasteiger partial charge in [-0.2, -0.15) is 0 Å². The summed E-state index contributed by atoms with van der Waals surface area (Å²) in [5.41, 5.74) is 4.08. The summed E-state index contributed by atoms with van der Waals surface area (Å²) in [6.07, 6.45) is 1.51. The van der Waals surface area contributed by atoms with E-state index in [0.717, 1.165) is 29.8 Å². The van der Waals surface area contributed by atoms with Crippen molar-refractivity contribution < 1.29 is 20.4 Å². The van der Waals surface area contributed by atoms with Gasteiger partial charge in [0.1, 0.15) is 12.2 Å². The molecule has 4 rings (SSSR count). The number of nitrogens with one attached hydrogen (secondary N) is 1. The molecule has 4 atom stereocenters. The molecule has 3 aromatic rings. The van der Waals surface area contributed by atoms with Crippen LogP contribution in [0.3, 0.4) is 0 Å². The molecule has 0 spiro atoms. The minimum absolute atomic E-state index is 0.217. The number of rotatable bonds is 9. The summed E-state index contributed by atoms with van der Waals surface area (Å²) in [5, 5.41) is 43.6. The number of hydrogen-bond donors (Lipinski definition) is 5. The van der Waals surface area contributed by atoms with Crippen molar-refractivity contribution in [3.8, 4) is 11.4 Å². The summed E-state index contributed by atoms with van der Waals surface area (Å²) in [5.74, 6) is 0.628. The van der Waals surface area contributed by atoms with Crippen molar-refractivity contribution >= 4 is 17.3 Å². The molecular weight excluding hydrogens is 468 g/mol. The highest BCUT2D eigenvalue weighted by molar-refractivity contribution is 6.31. The predicted octanol–water partition coefficient (Wildman–Crippen LogP) is 1.75. The summed E-state index contributed by atoms with van der Waals surface area (Å²) >= 11 is 6.29. The fourth-order valence-electron chi connectivity index (χ4n) is 4.40. The van der Waals surface area contributed by atoms with Crippen LogP contribution in [0.15, 0.2) is 60.9 Å². The molecule has 35 heavy (non-hydrogen) atoms. The molecule has 0 unspecified atom stereocenters. The predicted molar refractivity (Wildman–Crippen MR) is 135 cm³/mol. The maximum Gasteiger partial charge on any atom is 0.159 e. The van der Waals surface area contributed by atoms with Crippen LogP contribution in [0.4, 0.5) is 5.69 Å². The number of nitrogens with zero attached hydrogens (tertiary/aromatic N) is 3. The second-order valence-corrected chi connectivity index (χ2v) is 9.27. The first-order valence-electron chi connectivity index (χ1n) is 11.7. The number of aliphatic hydroxyl groups excluding tert-OH is 4. The van der Waals surface area contributed by atoms with Gasteiger partial charge in [-0.1, -0.05) is 35.9 Å². The van der Waals surface area contributed by atoms with E-state index in [0.29, 0.717) is 23.8 Å². The summed E-state index contributed by atoms with van der Waals surface area (Å²) in [6, 6.07) is 15.2. The molecule has 5 N–H and O–H groups in total. The van der Waals surface area contributed by atoms with Gasteiger partial charge in [0, 0.05) is 48.3 Å². The molecule has 1 aliphatic heterocycles. The number of likely N-dealkylation sites (tertiary alicyclic amines) is 1. The van der Waals surface area contributed by atoms with Gasteiger partial charge in [0.2, 0.25) is 0 Å². The molecule has 8 nitrogen and oxygen atoms in total. The summed E-state index contributed by atoms with van der Waals surface area (Å²) in [7, 11) is 0. The van der Waals surface area contributed by atoms with Crippen LogP contribution in [0.2, 0.25) is 5.02 Å². The first kappa shape index (κ1) is 25.5. The average molecular weight is 499 g/mol. The maximum atomic E-state index is 10.1. The Bertz CT molecular complexity index is 1090. The van der Waals surface area contributed by atoms with E-state index in [1.165, 1.54) is 5.56 Å². The quantitative estimate of drug-likeness (QED) is 0.302. The lowest BCUT2D eigenvalue weighted by atomic mass is 9.93. The first-order chi connectivity index (χ1) is 16.9. The minimum atomic E-state index is -1.23. The topological polar surface area (TPSA) is 122 Å². The van der Waals surface area contributed by atoms with Crippen LogP contribution in [0.25, 0.3) is 11.4 Å². The molecule has 1 saturated heterocycles. The van der Waals surface area contributed by atoms with Crippen molar-refractivity contribution in [2.75, 3.05) is 31.6 Å². The molecule has 1 aromatic heterocycles. The number of aliphatic hydroxyl groups is 4. The molecule has 1 aliphatic rings. The lowest BCUT2D eigenvalue weighted by Gasteiger charge is -2.43. The van der Waals surface area contributed by atoms with Crippen LogP contribution in [-0.4, -0.2) is 85.9 Å². The second-order valence-electron chi connectivity index (χ2n) is 8.84. The Kier molecular flexibility index (Phi) is 8.67. The van der Waals surface area contributed by atoms with Crippen molar-refractivity contribution in [1.29, 1.82) is 0 Å². The summed E-state index contributed by atoms with van der Waals surface area (Å²) in [6.45, 7) is 1.24. The molecule has 9 heteroatoms. The third kappa shape index (κ3) is 6.55. The number of anilines is 1. The normalized spacial score (nSPS) is 22.8. The Morgan fingerprint density at radius 1 is 0.943 bits per heavy atom. The molecule has 2 heterocycles. The zero-order chi connectivity index (χ0) is 24.8.